The van der Waals surface area contributed by atoms with Crippen molar-refractivity contribution in [3.63, 3.8) is 0 Å². The summed E-state index contributed by atoms with van der Waals surface area (Å²) in [7, 11) is 0. The van der Waals surface area contributed by atoms with E-state index in [2.05, 4.69) is 10.3 Å². The second kappa shape index (κ2) is 2.95. The van der Waals surface area contributed by atoms with Gasteiger partial charge in [-0.3, -0.25) is 9.59 Å². The van der Waals surface area contributed by atoms with Crippen LogP contribution >= 0.6 is 0 Å². The van der Waals surface area contributed by atoms with E-state index in [4.69, 9.17) is 5.21 Å². The van der Waals surface area contributed by atoms with Crippen LogP contribution in [-0.2, 0) is 0 Å². The average Bonchev–Trinajstić information content (AvgIpc) is 2.06. The van der Waals surface area contributed by atoms with Gasteiger partial charge < -0.3 is 15.6 Å². The maximum atomic E-state index is 10.9. The molecule has 0 fully saturated rings. The van der Waals surface area contributed by atoms with Gasteiger partial charge in [0.25, 0.3) is 0 Å². The molecule has 1 aromatic rings. The van der Waals surface area contributed by atoms with Crippen LogP contribution in [0.3, 0.4) is 0 Å². The molecule has 1 aromatic carbocycles. The lowest BCUT2D eigenvalue weighted by molar-refractivity contribution is 0.300. The Balaban J connectivity index is 3.96. The van der Waals surface area contributed by atoms with Gasteiger partial charge in [-0.15, -0.1) is 0 Å². The average molecular weight is 167 g/mol. The van der Waals surface area contributed by atoms with Crippen molar-refractivity contribution in [1.82, 2.24) is 0 Å². The maximum absolute atomic E-state index is 10.9. The Bertz CT molecular complexity index is 496. The summed E-state index contributed by atoms with van der Waals surface area (Å²) < 4.78 is 0. The van der Waals surface area contributed by atoms with E-state index >= 15 is 0 Å². The molecule has 0 amide bonds. The zero-order valence-corrected chi connectivity index (χ0v) is 5.72. The summed E-state index contributed by atoms with van der Waals surface area (Å²) in [4.78, 5) is 21.6. The minimum Gasteiger partial charge on any atom is -0.791 e. The van der Waals surface area contributed by atoms with E-state index < -0.39 is 21.6 Å². The van der Waals surface area contributed by atoms with Gasteiger partial charge in [-0.05, 0) is 12.1 Å². The molecule has 0 atom stereocenters. The van der Waals surface area contributed by atoms with E-state index in [1.165, 1.54) is 0 Å². The summed E-state index contributed by atoms with van der Waals surface area (Å²) in [6.07, 6.45) is 0. The molecule has 0 aromatic heterocycles. The molecule has 0 spiro atoms. The third kappa shape index (κ3) is 1.09. The predicted molar refractivity (Wildman–Crippen MR) is 37.6 cm³/mol. The summed E-state index contributed by atoms with van der Waals surface area (Å²) in [5, 5.41) is 21.8. The lowest BCUT2D eigenvalue weighted by atomic mass is 10.3. The van der Waals surface area contributed by atoms with E-state index in [1.807, 2.05) is 0 Å². The quantitative estimate of drug-likeness (QED) is 0.355. The Kier molecular flexibility index (Phi) is 2.00. The van der Waals surface area contributed by atoms with Crippen LogP contribution < -0.4 is 21.6 Å². The van der Waals surface area contributed by atoms with Crippen LogP contribution in [0.5, 0.6) is 0 Å². The van der Waals surface area contributed by atoms with E-state index in [0.717, 1.165) is 12.1 Å². The lowest BCUT2D eigenvalue weighted by Gasteiger charge is -1.87. The summed E-state index contributed by atoms with van der Waals surface area (Å²) in [6, 6.07) is 1.92. The lowest BCUT2D eigenvalue weighted by Crippen LogP contribution is -2.46. The Labute approximate surface area is 65.0 Å². The normalized spacial score (nSPS) is 13.7. The van der Waals surface area contributed by atoms with Crippen LogP contribution in [0.1, 0.15) is 0 Å². The van der Waals surface area contributed by atoms with Crippen molar-refractivity contribution in [2.24, 2.45) is 10.3 Å². The zero-order chi connectivity index (χ0) is 9.14. The number of benzene rings is 1. The summed E-state index contributed by atoms with van der Waals surface area (Å²) in [5.74, 6) is 0. The van der Waals surface area contributed by atoms with Gasteiger partial charge in [0.1, 0.15) is 5.36 Å². The number of nitrogens with zero attached hydrogens (tertiary/aromatic N) is 2. The molecular weight excluding hydrogens is 164 g/mol. The largest absolute Gasteiger partial charge is 0.791 e. The van der Waals surface area contributed by atoms with Gasteiger partial charge in [-0.1, -0.05) is 5.16 Å². The van der Waals surface area contributed by atoms with Crippen LogP contribution in [-0.4, -0.2) is 5.21 Å². The van der Waals surface area contributed by atoms with Gasteiger partial charge in [-0.25, -0.2) is 0 Å². The van der Waals surface area contributed by atoms with Crippen LogP contribution in [0, 0.1) is 5.21 Å². The molecule has 0 saturated carbocycles. The third-order valence-electron chi connectivity index (χ3n) is 1.27. The molecule has 0 unspecified atom stereocenters. The minimum absolute atomic E-state index is 0.442. The highest BCUT2D eigenvalue weighted by molar-refractivity contribution is 5.01. The summed E-state index contributed by atoms with van der Waals surface area (Å²) >= 11 is 0. The molecule has 1 N–H and O–H groups in total. The molecule has 0 aliphatic carbocycles. The van der Waals surface area contributed by atoms with Crippen molar-refractivity contribution in [3.8, 4) is 0 Å². The summed E-state index contributed by atoms with van der Waals surface area (Å²) in [5.41, 5.74) is -1.70. The smallest absolute Gasteiger partial charge is 0.236 e. The van der Waals surface area contributed by atoms with Crippen LogP contribution in [0.4, 0.5) is 0 Å². The highest BCUT2D eigenvalue weighted by Gasteiger charge is 1.97. The van der Waals surface area contributed by atoms with E-state index in [9.17, 15) is 14.8 Å². The first kappa shape index (κ1) is 8.12. The standard InChI is InChI=1S/C6H4N2O4/c9-4-2-1-3(7-11)6(10)5(4)8-12/h1-2,11-12H/p-1/b7-3+,8-5+. The first-order chi connectivity index (χ1) is 5.70. The molecule has 1 rings (SSSR count). The predicted octanol–water partition coefficient (Wildman–Crippen LogP) is -2.03. The highest BCUT2D eigenvalue weighted by Crippen LogP contribution is 1.55. The second-order valence-corrected chi connectivity index (χ2v) is 1.95. The maximum Gasteiger partial charge on any atom is 0.236 e. The molecule has 0 heterocycles. The van der Waals surface area contributed by atoms with Gasteiger partial charge in [0.05, 0.1) is 0 Å². The Morgan fingerprint density at radius 2 is 2.00 bits per heavy atom. The van der Waals surface area contributed by atoms with Gasteiger partial charge >= 0.3 is 0 Å². The van der Waals surface area contributed by atoms with E-state index in [1.54, 1.807) is 0 Å². The molecule has 0 aliphatic heterocycles. The molecule has 6 nitrogen and oxygen atoms in total. The van der Waals surface area contributed by atoms with E-state index in [0.29, 0.717) is 0 Å². The molecule has 0 bridgehead atoms. The van der Waals surface area contributed by atoms with E-state index in [-0.39, 0.29) is 0 Å². The van der Waals surface area contributed by atoms with Gasteiger partial charge in [0.15, 0.2) is 5.36 Å². The fraction of sp³-hybridized carbons (Fsp3) is 0. The van der Waals surface area contributed by atoms with Gasteiger partial charge in [0.2, 0.25) is 10.9 Å². The van der Waals surface area contributed by atoms with Crippen molar-refractivity contribution in [1.29, 1.82) is 0 Å². The second-order valence-electron chi connectivity index (χ2n) is 1.95. The molecule has 12 heavy (non-hydrogen) atoms. The Morgan fingerprint density at radius 3 is 2.50 bits per heavy atom. The minimum atomic E-state index is -0.958. The van der Waals surface area contributed by atoms with Crippen molar-refractivity contribution in [3.05, 3.63) is 48.5 Å². The molecule has 0 saturated heterocycles. The van der Waals surface area contributed by atoms with Gasteiger partial charge in [-0.2, -0.15) is 0 Å². The molecule has 0 aliphatic rings. The third-order valence-corrected chi connectivity index (χ3v) is 1.27. The SMILES string of the molecule is O=c1cc/c(=N\[O-])c(=O)/c1=N/O. The Hall–Kier alpha value is -1.98. The van der Waals surface area contributed by atoms with Crippen molar-refractivity contribution < 1.29 is 5.21 Å². The molecular formula is C6H3N2O4-. The Morgan fingerprint density at radius 1 is 1.33 bits per heavy atom. The topological polar surface area (TPSA) is 102 Å². The van der Waals surface area contributed by atoms with Crippen LogP contribution in [0.25, 0.3) is 0 Å². The zero-order valence-electron chi connectivity index (χ0n) is 5.72. The van der Waals surface area contributed by atoms with Crippen LogP contribution in [0.15, 0.2) is 32.0 Å². The first-order valence-electron chi connectivity index (χ1n) is 2.90. The fourth-order valence-corrected chi connectivity index (χ4v) is 0.709. The van der Waals surface area contributed by atoms with Crippen LogP contribution in [0.2, 0.25) is 0 Å². The highest BCUT2D eigenvalue weighted by atomic mass is 16.4. The first-order valence-corrected chi connectivity index (χ1v) is 2.90. The molecule has 62 valence electrons. The fourth-order valence-electron chi connectivity index (χ4n) is 0.709. The van der Waals surface area contributed by atoms with Gasteiger partial charge in [0, 0.05) is 0 Å². The molecule has 6 heteroatoms. The number of rotatable bonds is 0. The monoisotopic (exact) mass is 167 g/mol. The summed E-state index contributed by atoms with van der Waals surface area (Å²) in [6.45, 7) is 0. The number of hydrogen-bond donors (Lipinski definition) is 1. The van der Waals surface area contributed by atoms with Crippen molar-refractivity contribution in [2.45, 2.75) is 0 Å². The molecule has 0 radical (unpaired) electrons. The van der Waals surface area contributed by atoms with Crippen molar-refractivity contribution >= 4 is 0 Å². The van der Waals surface area contributed by atoms with Crippen molar-refractivity contribution in [2.75, 3.05) is 0 Å². The number of hydrogen-bond acceptors (Lipinski definition) is 6.